The highest BCUT2D eigenvalue weighted by atomic mass is 35.5. The predicted molar refractivity (Wildman–Crippen MR) is 56.3 cm³/mol. The van der Waals surface area contributed by atoms with Crippen molar-refractivity contribution in [3.63, 3.8) is 0 Å². The van der Waals surface area contributed by atoms with Gasteiger partial charge in [0.2, 0.25) is 0 Å². The lowest BCUT2D eigenvalue weighted by Gasteiger charge is -1.98. The van der Waals surface area contributed by atoms with Crippen LogP contribution in [-0.2, 0) is 9.05 Å². The molecular weight excluding hydrogens is 227 g/mol. The number of aromatic hydroxyl groups is 1. The van der Waals surface area contributed by atoms with Crippen LogP contribution in [-0.4, -0.2) is 24.2 Å². The van der Waals surface area contributed by atoms with Crippen molar-refractivity contribution in [2.45, 2.75) is 0 Å². The summed E-state index contributed by atoms with van der Waals surface area (Å²) in [6.45, 7) is 0. The first-order valence-corrected chi connectivity index (χ1v) is 5.12. The van der Waals surface area contributed by atoms with Crippen LogP contribution in [0.4, 0.5) is 0 Å². The number of phenols is 1. The smallest absolute Gasteiger partial charge is 0.329 e. The normalized spacial score (nSPS) is 9.50. The quantitative estimate of drug-likeness (QED) is 0.778. The van der Waals surface area contributed by atoms with Crippen LogP contribution >= 0.6 is 20.2 Å². The van der Waals surface area contributed by atoms with E-state index >= 15 is 0 Å². The largest absolute Gasteiger partial charge is 0.508 e. The van der Waals surface area contributed by atoms with E-state index in [1.54, 1.807) is 24.3 Å². The lowest BCUT2D eigenvalue weighted by Crippen LogP contribution is -1.75. The summed E-state index contributed by atoms with van der Waals surface area (Å²) < 4.78 is 8.59. The maximum absolute atomic E-state index is 8.70. The molecule has 0 unspecified atom stereocenters. The van der Waals surface area contributed by atoms with E-state index in [0.717, 1.165) is 0 Å². The Morgan fingerprint density at radius 3 is 1.79 bits per heavy atom. The summed E-state index contributed by atoms with van der Waals surface area (Å²) in [7, 11) is 1.19. The maximum Gasteiger partial charge on any atom is 0.329 e. The van der Waals surface area contributed by atoms with Gasteiger partial charge < -0.3 is 19.0 Å². The third kappa shape index (κ3) is 7.06. The summed E-state index contributed by atoms with van der Waals surface area (Å²) in [5, 5.41) is 9.34. The van der Waals surface area contributed by atoms with E-state index in [9.17, 15) is 0 Å². The highest BCUT2D eigenvalue weighted by Gasteiger charge is 1.94. The number of benzene rings is 1. The second kappa shape index (κ2) is 7.97. The summed E-state index contributed by atoms with van der Waals surface area (Å²) >= 11 is 5.50. The summed E-state index contributed by atoms with van der Waals surface area (Å²) in [4.78, 5) is 8.29. The molecule has 0 radical (unpaired) electrons. The van der Waals surface area contributed by atoms with Crippen LogP contribution in [0.3, 0.4) is 0 Å². The van der Waals surface area contributed by atoms with Gasteiger partial charge in [-0.3, -0.25) is 0 Å². The fourth-order valence-corrected chi connectivity index (χ4v) is 0.791. The van der Waals surface area contributed by atoms with Crippen molar-refractivity contribution in [2.24, 2.45) is 0 Å². The molecule has 80 valence electrons. The van der Waals surface area contributed by atoms with Gasteiger partial charge in [0, 0.05) is 19.2 Å². The van der Waals surface area contributed by atoms with Gasteiger partial charge in [-0.25, -0.2) is 0 Å². The third-order valence-corrected chi connectivity index (χ3v) is 2.02. The highest BCUT2D eigenvalue weighted by molar-refractivity contribution is 7.40. The number of phenolic OH excluding ortho intramolecular Hbond substituents is 1. The molecule has 0 fully saturated rings. The minimum atomic E-state index is -1.58. The van der Waals surface area contributed by atoms with Gasteiger partial charge in [0.1, 0.15) is 5.75 Å². The average Bonchev–Trinajstić information content (AvgIpc) is 2.22. The van der Waals surface area contributed by atoms with E-state index < -0.39 is 8.60 Å². The molecule has 0 amide bonds. The molecule has 0 aliphatic carbocycles. The zero-order valence-corrected chi connectivity index (χ0v) is 9.50. The zero-order valence-electron chi connectivity index (χ0n) is 7.85. The molecule has 0 atom stereocenters. The molecule has 0 aliphatic rings. The molecule has 0 aliphatic heterocycles. The van der Waals surface area contributed by atoms with Crippen LogP contribution in [0.25, 0.3) is 0 Å². The SMILES string of the molecule is COP(O)OC.Oc1ccc(Cl)cc1. The number of rotatable bonds is 2. The van der Waals surface area contributed by atoms with Gasteiger partial charge in [0.05, 0.1) is 0 Å². The third-order valence-electron chi connectivity index (χ3n) is 1.14. The van der Waals surface area contributed by atoms with Gasteiger partial charge in [0.15, 0.2) is 0 Å². The molecule has 4 nitrogen and oxygen atoms in total. The number of hydrogen-bond donors (Lipinski definition) is 2. The molecular formula is C8H12ClO4P. The standard InChI is InChI=1S/C6H5ClO.C2H7O3P/c7-5-1-3-6(8)4-2-5;1-4-6(3)5-2/h1-4,8H;3H,1-2H3. The molecule has 0 spiro atoms. The minimum absolute atomic E-state index is 0.245. The molecule has 0 heterocycles. The molecule has 1 aromatic carbocycles. The molecule has 6 heteroatoms. The second-order valence-corrected chi connectivity index (χ2v) is 3.72. The first-order valence-electron chi connectivity index (χ1n) is 3.62. The van der Waals surface area contributed by atoms with Gasteiger partial charge in [-0.2, -0.15) is 0 Å². The van der Waals surface area contributed by atoms with Crippen molar-refractivity contribution >= 4 is 20.2 Å². The van der Waals surface area contributed by atoms with Crippen molar-refractivity contribution in [1.82, 2.24) is 0 Å². The van der Waals surface area contributed by atoms with Crippen LogP contribution in [0.2, 0.25) is 5.02 Å². The van der Waals surface area contributed by atoms with E-state index in [1.165, 1.54) is 14.2 Å². The number of hydrogen-bond acceptors (Lipinski definition) is 4. The maximum atomic E-state index is 8.70. The predicted octanol–water partition coefficient (Wildman–Crippen LogP) is 2.54. The van der Waals surface area contributed by atoms with Gasteiger partial charge >= 0.3 is 8.60 Å². The van der Waals surface area contributed by atoms with Gasteiger partial charge in [-0.15, -0.1) is 0 Å². The molecule has 0 aromatic heterocycles. The summed E-state index contributed by atoms with van der Waals surface area (Å²) in [6, 6.07) is 6.36. The van der Waals surface area contributed by atoms with Crippen LogP contribution in [0, 0.1) is 0 Å². The van der Waals surface area contributed by atoms with Gasteiger partial charge in [0.25, 0.3) is 0 Å². The molecule has 1 aromatic rings. The van der Waals surface area contributed by atoms with Crippen molar-refractivity contribution in [2.75, 3.05) is 14.2 Å². The Balaban J connectivity index is 0.000000255. The Morgan fingerprint density at radius 2 is 1.57 bits per heavy atom. The van der Waals surface area contributed by atoms with Crippen molar-refractivity contribution in [3.8, 4) is 5.75 Å². The van der Waals surface area contributed by atoms with Crippen molar-refractivity contribution < 1.29 is 19.0 Å². The Hall–Kier alpha value is -0.380. The summed E-state index contributed by atoms with van der Waals surface area (Å²) in [5.74, 6) is 0.245. The topological polar surface area (TPSA) is 58.9 Å². The Bertz CT molecular complexity index is 217. The lowest BCUT2D eigenvalue weighted by atomic mass is 10.3. The Labute approximate surface area is 89.0 Å². The average molecular weight is 239 g/mol. The van der Waals surface area contributed by atoms with Gasteiger partial charge in [-0.05, 0) is 24.3 Å². The van der Waals surface area contributed by atoms with E-state index in [4.69, 9.17) is 21.6 Å². The Kier molecular flexibility index (Phi) is 7.76. The fourth-order valence-electron chi connectivity index (χ4n) is 0.516. The molecule has 0 bridgehead atoms. The molecule has 0 saturated carbocycles. The summed E-state index contributed by atoms with van der Waals surface area (Å²) in [6.07, 6.45) is 0. The summed E-state index contributed by atoms with van der Waals surface area (Å²) in [5.41, 5.74) is 0. The van der Waals surface area contributed by atoms with Crippen molar-refractivity contribution in [3.05, 3.63) is 29.3 Å². The minimum Gasteiger partial charge on any atom is -0.508 e. The van der Waals surface area contributed by atoms with Crippen molar-refractivity contribution in [1.29, 1.82) is 0 Å². The molecule has 0 saturated heterocycles. The van der Waals surface area contributed by atoms with Crippen LogP contribution in [0.15, 0.2) is 24.3 Å². The molecule has 14 heavy (non-hydrogen) atoms. The first-order chi connectivity index (χ1) is 6.60. The van der Waals surface area contributed by atoms with E-state index in [2.05, 4.69) is 9.05 Å². The highest BCUT2D eigenvalue weighted by Crippen LogP contribution is 2.28. The van der Waals surface area contributed by atoms with Crippen LogP contribution in [0.5, 0.6) is 5.75 Å². The van der Waals surface area contributed by atoms with E-state index in [0.29, 0.717) is 5.02 Å². The van der Waals surface area contributed by atoms with Gasteiger partial charge in [-0.1, -0.05) is 11.6 Å². The number of halogens is 1. The first kappa shape index (κ1) is 13.6. The second-order valence-electron chi connectivity index (χ2n) is 2.08. The van der Waals surface area contributed by atoms with Crippen LogP contribution < -0.4 is 0 Å². The molecule has 1 rings (SSSR count). The monoisotopic (exact) mass is 238 g/mol. The zero-order chi connectivity index (χ0) is 11.0. The van der Waals surface area contributed by atoms with E-state index in [-0.39, 0.29) is 5.75 Å². The molecule has 2 N–H and O–H groups in total. The van der Waals surface area contributed by atoms with E-state index in [1.807, 2.05) is 0 Å². The van der Waals surface area contributed by atoms with Crippen LogP contribution in [0.1, 0.15) is 0 Å². The lowest BCUT2D eigenvalue weighted by molar-refractivity contribution is 0.271. The fraction of sp³-hybridized carbons (Fsp3) is 0.250. The Morgan fingerprint density at radius 1 is 1.14 bits per heavy atom.